The van der Waals surface area contributed by atoms with Crippen LogP contribution in [0.2, 0.25) is 0 Å². The van der Waals surface area contributed by atoms with Crippen LogP contribution in [0.4, 0.5) is 18.8 Å². The molecule has 1 amide bonds. The second-order valence-electron chi connectivity index (χ2n) is 5.54. The van der Waals surface area contributed by atoms with Gasteiger partial charge in [0.25, 0.3) is 0 Å². The van der Waals surface area contributed by atoms with E-state index in [1.54, 1.807) is 31.2 Å². The summed E-state index contributed by atoms with van der Waals surface area (Å²) in [4.78, 5) is 15.9. The smallest absolute Gasteiger partial charge is 0.412 e. The van der Waals surface area contributed by atoms with Crippen molar-refractivity contribution < 1.29 is 23.0 Å². The molecular formula is C17H15F2N5O3S. The number of aromatic nitrogens is 2. The molecule has 0 radical (unpaired) electrons. The van der Waals surface area contributed by atoms with Crippen LogP contribution in [0.1, 0.15) is 12.5 Å². The van der Waals surface area contributed by atoms with Gasteiger partial charge in [-0.05, 0) is 19.1 Å². The molecule has 1 aromatic carbocycles. The van der Waals surface area contributed by atoms with Gasteiger partial charge in [0.15, 0.2) is 24.0 Å². The van der Waals surface area contributed by atoms with Crippen molar-refractivity contribution in [1.29, 1.82) is 0 Å². The second kappa shape index (κ2) is 8.13. The van der Waals surface area contributed by atoms with Crippen molar-refractivity contribution in [2.24, 2.45) is 5.16 Å². The first-order valence-corrected chi connectivity index (χ1v) is 8.68. The summed E-state index contributed by atoms with van der Waals surface area (Å²) in [7, 11) is 0. The van der Waals surface area contributed by atoms with E-state index in [-0.39, 0.29) is 47.1 Å². The van der Waals surface area contributed by atoms with Gasteiger partial charge < -0.3 is 15.7 Å². The Labute approximate surface area is 162 Å². The number of fused-ring (bicyclic) bond motifs is 1. The third-order valence-electron chi connectivity index (χ3n) is 3.80. The molecule has 0 unspecified atom stereocenters. The number of halogens is 2. The van der Waals surface area contributed by atoms with Gasteiger partial charge in [0.2, 0.25) is 0 Å². The molecule has 146 valence electrons. The zero-order valence-corrected chi connectivity index (χ0v) is 15.3. The molecule has 0 bridgehead atoms. The number of amidine groups is 1. The lowest BCUT2D eigenvalue weighted by atomic mass is 10.1. The number of anilines is 1. The molecule has 3 aromatic rings. The van der Waals surface area contributed by atoms with Gasteiger partial charge in [0.05, 0.1) is 17.7 Å². The Morgan fingerprint density at radius 2 is 2.14 bits per heavy atom. The Kier molecular flexibility index (Phi) is 5.64. The molecule has 2 heterocycles. The largest absolute Gasteiger partial charge is 0.450 e. The Bertz CT molecular complexity index is 1050. The molecule has 0 saturated heterocycles. The fourth-order valence-electron chi connectivity index (χ4n) is 2.58. The highest BCUT2D eigenvalue weighted by Crippen LogP contribution is 2.30. The molecule has 4 N–H and O–H groups in total. The van der Waals surface area contributed by atoms with E-state index in [9.17, 15) is 18.3 Å². The number of nitrogens with one attached hydrogen (secondary N) is 1. The number of nitrogens with two attached hydrogens (primary N) is 1. The van der Waals surface area contributed by atoms with E-state index in [4.69, 9.17) is 10.5 Å². The minimum Gasteiger partial charge on any atom is -0.450 e. The van der Waals surface area contributed by atoms with Crippen LogP contribution in [-0.2, 0) is 4.74 Å². The topological polar surface area (TPSA) is 115 Å². The summed E-state index contributed by atoms with van der Waals surface area (Å²) in [6.07, 6.45) is 0.348. The van der Waals surface area contributed by atoms with Crippen molar-refractivity contribution in [2.45, 2.75) is 6.92 Å². The van der Waals surface area contributed by atoms with Gasteiger partial charge in [-0.15, -0.1) is 3.89 Å². The number of carbonyl (C=O) groups is 1. The molecule has 0 saturated carbocycles. The number of oxime groups is 1. The molecule has 0 aliphatic rings. The number of carbonyl (C=O) groups excluding carboxylic acids is 1. The standard InChI is InChI=1S/C17H15F2N5O3S/c1-2-27-17(25)22-16(23-26)11-8-24(28-19)13-7-12(18)14(21-15(11)13)9-3-5-10(20)6-4-9/h3-8,26H,2,20H2,1H3,(H,22,23,25). The van der Waals surface area contributed by atoms with Crippen LogP contribution in [-0.4, -0.2) is 32.7 Å². The van der Waals surface area contributed by atoms with Gasteiger partial charge in [-0.3, -0.25) is 9.29 Å². The molecule has 0 spiro atoms. The fraction of sp³-hybridized carbons (Fsp3) is 0.118. The minimum absolute atomic E-state index is 0.0104. The van der Waals surface area contributed by atoms with Gasteiger partial charge in [-0.1, -0.05) is 17.3 Å². The van der Waals surface area contributed by atoms with Crippen LogP contribution in [0.15, 0.2) is 41.7 Å². The van der Waals surface area contributed by atoms with Crippen molar-refractivity contribution in [3.8, 4) is 11.3 Å². The van der Waals surface area contributed by atoms with Gasteiger partial charge in [-0.2, -0.15) is 0 Å². The number of hydrogen-bond acceptors (Lipinski definition) is 7. The van der Waals surface area contributed by atoms with Crippen LogP contribution < -0.4 is 11.1 Å². The predicted octanol–water partition coefficient (Wildman–Crippen LogP) is 3.69. The van der Waals surface area contributed by atoms with Gasteiger partial charge in [0.1, 0.15) is 11.2 Å². The zero-order valence-electron chi connectivity index (χ0n) is 14.5. The first kappa shape index (κ1) is 19.4. The zero-order chi connectivity index (χ0) is 20.3. The first-order chi connectivity index (χ1) is 13.5. The Morgan fingerprint density at radius 3 is 2.75 bits per heavy atom. The third kappa shape index (κ3) is 3.69. The lowest BCUT2D eigenvalue weighted by Crippen LogP contribution is -2.31. The normalized spacial score (nSPS) is 11.6. The molecule has 8 nitrogen and oxygen atoms in total. The molecule has 0 aliphatic heterocycles. The van der Waals surface area contributed by atoms with E-state index < -0.39 is 11.9 Å². The number of nitrogens with zero attached hydrogens (tertiary/aromatic N) is 3. The molecule has 0 aliphatic carbocycles. The summed E-state index contributed by atoms with van der Waals surface area (Å²) in [6.45, 7) is 1.70. The van der Waals surface area contributed by atoms with Crippen LogP contribution in [0, 0.1) is 5.82 Å². The number of pyridine rings is 1. The van der Waals surface area contributed by atoms with E-state index in [0.717, 1.165) is 10.0 Å². The number of nitrogen functional groups attached to an aromatic ring is 1. The van der Waals surface area contributed by atoms with Crippen molar-refractivity contribution in [3.63, 3.8) is 0 Å². The predicted molar refractivity (Wildman–Crippen MR) is 102 cm³/mol. The van der Waals surface area contributed by atoms with E-state index in [1.807, 2.05) is 0 Å². The monoisotopic (exact) mass is 407 g/mol. The highest BCUT2D eigenvalue weighted by molar-refractivity contribution is 7.92. The molecular weight excluding hydrogens is 392 g/mol. The van der Waals surface area contributed by atoms with Crippen LogP contribution in [0.25, 0.3) is 22.3 Å². The van der Waals surface area contributed by atoms with Gasteiger partial charge >= 0.3 is 6.09 Å². The Hall–Kier alpha value is -3.34. The minimum atomic E-state index is -0.870. The highest BCUT2D eigenvalue weighted by Gasteiger charge is 2.21. The average molecular weight is 407 g/mol. The Balaban J connectivity index is 2.16. The second-order valence-corrected chi connectivity index (χ2v) is 6.07. The maximum absolute atomic E-state index is 14.6. The van der Waals surface area contributed by atoms with E-state index >= 15 is 0 Å². The SMILES string of the molecule is CCOC(=O)N/C(=N\O)c1cn(SF)c2cc(F)c(-c3ccc(N)cc3)nc12. The number of benzene rings is 1. The summed E-state index contributed by atoms with van der Waals surface area (Å²) in [5.74, 6) is -1.00. The number of amides is 1. The summed E-state index contributed by atoms with van der Waals surface area (Å²) >= 11 is -0.199. The first-order valence-electron chi connectivity index (χ1n) is 8.01. The van der Waals surface area contributed by atoms with Crippen molar-refractivity contribution in [3.05, 3.63) is 47.9 Å². The van der Waals surface area contributed by atoms with Gasteiger partial charge in [0, 0.05) is 23.5 Å². The molecule has 0 atom stereocenters. The highest BCUT2D eigenvalue weighted by atomic mass is 32.2. The maximum atomic E-state index is 14.6. The number of ether oxygens (including phenoxy) is 1. The van der Waals surface area contributed by atoms with Crippen molar-refractivity contribution in [2.75, 3.05) is 12.3 Å². The summed E-state index contributed by atoms with van der Waals surface area (Å²) < 4.78 is 33.7. The van der Waals surface area contributed by atoms with Crippen molar-refractivity contribution in [1.82, 2.24) is 14.3 Å². The van der Waals surface area contributed by atoms with Crippen LogP contribution in [0.3, 0.4) is 0 Å². The lowest BCUT2D eigenvalue weighted by molar-refractivity contribution is 0.157. The summed E-state index contributed by atoms with van der Waals surface area (Å²) in [6, 6.07) is 7.46. The van der Waals surface area contributed by atoms with E-state index in [2.05, 4.69) is 15.5 Å². The molecule has 0 fully saturated rings. The summed E-state index contributed by atoms with van der Waals surface area (Å²) in [5.41, 5.74) is 6.86. The van der Waals surface area contributed by atoms with Gasteiger partial charge in [-0.25, -0.2) is 14.2 Å². The fourth-order valence-corrected chi connectivity index (χ4v) is 2.94. The molecule has 2 aromatic heterocycles. The average Bonchev–Trinajstić information content (AvgIpc) is 3.04. The third-order valence-corrected chi connectivity index (χ3v) is 4.26. The van der Waals surface area contributed by atoms with Crippen molar-refractivity contribution >= 4 is 41.0 Å². The van der Waals surface area contributed by atoms with Crippen LogP contribution in [0.5, 0.6) is 0 Å². The molecule has 28 heavy (non-hydrogen) atoms. The Morgan fingerprint density at radius 1 is 1.43 bits per heavy atom. The maximum Gasteiger partial charge on any atom is 0.412 e. The lowest BCUT2D eigenvalue weighted by Gasteiger charge is -2.07. The number of rotatable bonds is 4. The van der Waals surface area contributed by atoms with E-state index in [1.165, 1.54) is 6.20 Å². The molecule has 3 rings (SSSR count). The summed E-state index contributed by atoms with van der Waals surface area (Å²) in [5, 5.41) is 14.6. The number of alkyl carbamates (subject to hydrolysis) is 1. The van der Waals surface area contributed by atoms with Crippen LogP contribution >= 0.6 is 12.3 Å². The molecule has 11 heteroatoms. The quantitative estimate of drug-likeness (QED) is 0.200. The van der Waals surface area contributed by atoms with E-state index in [0.29, 0.717) is 11.3 Å². The number of hydrogen-bond donors (Lipinski definition) is 3.